The molecule has 24 heavy (non-hydrogen) atoms. The minimum atomic E-state index is -0.141. The Kier molecular flexibility index (Phi) is 6.68. The molecule has 8 heteroatoms. The van der Waals surface area contributed by atoms with Gasteiger partial charge in [0.2, 0.25) is 0 Å². The van der Waals surface area contributed by atoms with Crippen LogP contribution in [0.3, 0.4) is 0 Å². The number of hydrogen-bond acceptors (Lipinski definition) is 6. The van der Waals surface area contributed by atoms with Crippen LogP contribution in [0.1, 0.15) is 0 Å². The minimum Gasteiger partial charge on any atom is -0.304 e. The van der Waals surface area contributed by atoms with Gasteiger partial charge in [0.05, 0.1) is 16.9 Å². The normalized spacial score (nSPS) is 32.8. The van der Waals surface area contributed by atoms with Gasteiger partial charge in [0.1, 0.15) is 6.29 Å². The van der Waals surface area contributed by atoms with E-state index in [-0.39, 0.29) is 23.2 Å². The molecule has 134 valence electrons. The van der Waals surface area contributed by atoms with Gasteiger partial charge in [-0.05, 0) is 32.3 Å². The molecule has 2 saturated heterocycles. The lowest BCUT2D eigenvalue weighted by Gasteiger charge is -2.48. The molecule has 0 spiro atoms. The van der Waals surface area contributed by atoms with Crippen LogP contribution in [0.4, 0.5) is 0 Å². The summed E-state index contributed by atoms with van der Waals surface area (Å²) in [5.74, 6) is 0. The van der Waals surface area contributed by atoms with E-state index in [1.807, 2.05) is 25.2 Å². The van der Waals surface area contributed by atoms with Crippen molar-refractivity contribution < 1.29 is 0 Å². The lowest BCUT2D eigenvalue weighted by atomic mass is 10.2. The highest BCUT2D eigenvalue weighted by atomic mass is 35.5. The molecule has 0 aliphatic carbocycles. The molecule has 2 aliphatic heterocycles. The molecule has 3 N–H and O–H groups in total. The molecule has 4 unspecified atom stereocenters. The molecule has 0 bridgehead atoms. The average molecular weight is 390 g/mol. The van der Waals surface area contributed by atoms with E-state index < -0.39 is 0 Å². The highest BCUT2D eigenvalue weighted by Gasteiger charge is 2.40. The van der Waals surface area contributed by atoms with Crippen molar-refractivity contribution in [2.75, 3.05) is 40.3 Å². The summed E-state index contributed by atoms with van der Waals surface area (Å²) in [5, 5.41) is 11.2. The highest BCUT2D eigenvalue weighted by Crippen LogP contribution is 2.33. The van der Waals surface area contributed by atoms with Crippen molar-refractivity contribution in [1.29, 1.82) is 0 Å². The molecule has 3 rings (SSSR count). The third-order valence-corrected chi connectivity index (χ3v) is 6.66. The predicted molar refractivity (Wildman–Crippen MR) is 103 cm³/mol. The number of hydrogen-bond donors (Lipinski definition) is 3. The van der Waals surface area contributed by atoms with E-state index in [0.29, 0.717) is 0 Å². The Morgan fingerprint density at radius 3 is 2.62 bits per heavy atom. The van der Waals surface area contributed by atoms with Crippen molar-refractivity contribution in [3.8, 4) is 0 Å². The van der Waals surface area contributed by atoms with Gasteiger partial charge in [-0.25, -0.2) is 0 Å². The Bertz CT molecular complexity index is 541. The van der Waals surface area contributed by atoms with E-state index >= 15 is 0 Å². The van der Waals surface area contributed by atoms with Gasteiger partial charge in [-0.3, -0.25) is 20.9 Å². The third-order valence-electron chi connectivity index (χ3n) is 4.55. The van der Waals surface area contributed by atoms with Gasteiger partial charge in [-0.15, -0.1) is 23.4 Å². The van der Waals surface area contributed by atoms with Gasteiger partial charge >= 0.3 is 0 Å². The van der Waals surface area contributed by atoms with Crippen molar-refractivity contribution in [1.82, 2.24) is 25.8 Å². The topological polar surface area (TPSA) is 42.6 Å². The van der Waals surface area contributed by atoms with Gasteiger partial charge in [-0.1, -0.05) is 17.7 Å². The maximum Gasteiger partial charge on any atom is 0.114 e. The highest BCUT2D eigenvalue weighted by molar-refractivity contribution is 8.00. The molecule has 0 aromatic heterocycles. The Labute approximate surface area is 158 Å². The minimum absolute atomic E-state index is 0.00775. The molecule has 0 radical (unpaired) electrons. The molecular weight excluding hydrogens is 365 g/mol. The van der Waals surface area contributed by atoms with Gasteiger partial charge < -0.3 is 4.90 Å². The number of likely N-dealkylation sites (N-methyl/N-ethyl adjacent to an activating group) is 1. The van der Waals surface area contributed by atoms with Crippen molar-refractivity contribution in [3.63, 3.8) is 0 Å². The summed E-state index contributed by atoms with van der Waals surface area (Å²) in [4.78, 5) is 6.01. The first-order valence-corrected chi connectivity index (χ1v) is 9.94. The van der Waals surface area contributed by atoms with E-state index in [9.17, 15) is 0 Å². The zero-order valence-electron chi connectivity index (χ0n) is 14.0. The SMILES string of the molecule is CNC1NC(Cl)C(Sc2cccc(Cl)c2)C(N2CCN(C)CC2)N1. The Balaban J connectivity index is 1.77. The number of piperazine rings is 1. The van der Waals surface area contributed by atoms with Gasteiger partial charge in [-0.2, -0.15) is 0 Å². The summed E-state index contributed by atoms with van der Waals surface area (Å²) in [6.07, 6.45) is 0.206. The van der Waals surface area contributed by atoms with Crippen LogP contribution in [-0.4, -0.2) is 73.3 Å². The Morgan fingerprint density at radius 2 is 1.96 bits per heavy atom. The molecule has 0 saturated carbocycles. The molecule has 1 aromatic carbocycles. The second-order valence-electron chi connectivity index (χ2n) is 6.28. The second kappa shape index (κ2) is 8.56. The fourth-order valence-corrected chi connectivity index (χ4v) is 5.05. The number of rotatable bonds is 4. The van der Waals surface area contributed by atoms with Crippen molar-refractivity contribution in [2.45, 2.75) is 28.1 Å². The molecular formula is C16H25Cl2N5S. The largest absolute Gasteiger partial charge is 0.304 e. The molecule has 1 aromatic rings. The fraction of sp³-hybridized carbons (Fsp3) is 0.625. The monoisotopic (exact) mass is 389 g/mol. The third kappa shape index (κ3) is 4.56. The van der Waals surface area contributed by atoms with Crippen molar-refractivity contribution >= 4 is 35.0 Å². The van der Waals surface area contributed by atoms with Crippen LogP contribution in [0.25, 0.3) is 0 Å². The van der Waals surface area contributed by atoms with Gasteiger partial charge in [0.25, 0.3) is 0 Å². The smallest absolute Gasteiger partial charge is 0.114 e. The molecule has 5 nitrogen and oxygen atoms in total. The van der Waals surface area contributed by atoms with Crippen LogP contribution in [0, 0.1) is 0 Å². The van der Waals surface area contributed by atoms with Crippen molar-refractivity contribution in [2.24, 2.45) is 0 Å². The first kappa shape index (κ1) is 18.7. The standard InChI is InChI=1S/C16H25Cl2N5S/c1-19-16-20-14(18)13(24-12-5-3-4-11(17)10-12)15(21-16)23-8-6-22(2)7-9-23/h3-5,10,13-16,19-21H,6-9H2,1-2H3. The van der Waals surface area contributed by atoms with Crippen LogP contribution in [-0.2, 0) is 0 Å². The summed E-state index contributed by atoms with van der Waals surface area (Å²) in [5.41, 5.74) is -0.141. The summed E-state index contributed by atoms with van der Waals surface area (Å²) in [6, 6.07) is 7.97. The van der Waals surface area contributed by atoms with Crippen LogP contribution in [0.2, 0.25) is 5.02 Å². The lowest BCUT2D eigenvalue weighted by Crippen LogP contribution is -2.72. The van der Waals surface area contributed by atoms with E-state index in [0.717, 1.165) is 36.1 Å². The number of nitrogens with zero attached hydrogens (tertiary/aromatic N) is 2. The summed E-state index contributed by atoms with van der Waals surface area (Å²) < 4.78 is 0. The van der Waals surface area contributed by atoms with Gasteiger partial charge in [0.15, 0.2) is 0 Å². The number of halogens is 2. The Morgan fingerprint density at radius 1 is 1.21 bits per heavy atom. The molecule has 2 heterocycles. The van der Waals surface area contributed by atoms with E-state index in [1.165, 1.54) is 0 Å². The predicted octanol–water partition coefficient (Wildman–Crippen LogP) is 1.63. The van der Waals surface area contributed by atoms with Crippen LogP contribution in [0.5, 0.6) is 0 Å². The fourth-order valence-electron chi connectivity index (χ4n) is 3.13. The average Bonchev–Trinajstić information content (AvgIpc) is 2.57. The Hall–Kier alpha value is -0.0500. The maximum atomic E-state index is 6.71. The summed E-state index contributed by atoms with van der Waals surface area (Å²) >= 11 is 14.6. The van der Waals surface area contributed by atoms with Crippen LogP contribution >= 0.6 is 35.0 Å². The number of benzene rings is 1. The first-order chi connectivity index (χ1) is 11.6. The molecule has 2 aliphatic rings. The lowest BCUT2D eigenvalue weighted by molar-refractivity contribution is 0.0607. The quantitative estimate of drug-likeness (QED) is 0.537. The molecule has 4 atom stereocenters. The van der Waals surface area contributed by atoms with E-state index in [4.69, 9.17) is 23.2 Å². The molecule has 2 fully saturated rings. The maximum absolute atomic E-state index is 6.71. The van der Waals surface area contributed by atoms with E-state index in [2.05, 4.69) is 38.9 Å². The zero-order chi connectivity index (χ0) is 17.1. The number of alkyl halides is 1. The van der Waals surface area contributed by atoms with Gasteiger partial charge in [0, 0.05) is 36.1 Å². The zero-order valence-corrected chi connectivity index (χ0v) is 16.3. The number of thioether (sulfide) groups is 1. The van der Waals surface area contributed by atoms with Crippen LogP contribution in [0.15, 0.2) is 29.2 Å². The molecule has 0 amide bonds. The summed E-state index contributed by atoms with van der Waals surface area (Å²) in [6.45, 7) is 4.25. The van der Waals surface area contributed by atoms with Crippen LogP contribution < -0.4 is 16.0 Å². The summed E-state index contributed by atoms with van der Waals surface area (Å²) in [7, 11) is 4.10. The van der Waals surface area contributed by atoms with E-state index in [1.54, 1.807) is 11.8 Å². The first-order valence-electron chi connectivity index (χ1n) is 8.25. The number of nitrogens with one attached hydrogen (secondary N) is 3. The van der Waals surface area contributed by atoms with Crippen molar-refractivity contribution in [3.05, 3.63) is 29.3 Å². The second-order valence-corrected chi connectivity index (χ2v) is 8.44.